The number of rotatable bonds is 2. The molecule has 1 aliphatic rings. The van der Waals surface area contributed by atoms with Crippen LogP contribution in [0.15, 0.2) is 30.5 Å². The number of hydrogen-bond donors (Lipinski definition) is 1. The fourth-order valence-electron chi connectivity index (χ4n) is 3.01. The summed E-state index contributed by atoms with van der Waals surface area (Å²) in [6.07, 6.45) is 2.90. The van der Waals surface area contributed by atoms with Gasteiger partial charge in [-0.05, 0) is 31.0 Å². The summed E-state index contributed by atoms with van der Waals surface area (Å²) in [7, 11) is 0. The highest BCUT2D eigenvalue weighted by Gasteiger charge is 2.19. The first kappa shape index (κ1) is 14.0. The van der Waals surface area contributed by atoms with Crippen molar-refractivity contribution in [2.24, 2.45) is 0 Å². The van der Waals surface area contributed by atoms with Crippen molar-refractivity contribution < 1.29 is 0 Å². The van der Waals surface area contributed by atoms with Gasteiger partial charge in [-0.2, -0.15) is 0 Å². The average molecular weight is 306 g/mol. The SMILES string of the molecule is Cc1ncc2c(n1)CN(Cc1nc(N)c3ccccc3n1)CC2. The van der Waals surface area contributed by atoms with Crippen LogP contribution in [0.4, 0.5) is 5.82 Å². The molecule has 0 aliphatic carbocycles. The number of fused-ring (bicyclic) bond motifs is 2. The quantitative estimate of drug-likeness (QED) is 0.778. The van der Waals surface area contributed by atoms with E-state index in [1.54, 1.807) is 0 Å². The van der Waals surface area contributed by atoms with E-state index in [-0.39, 0.29) is 0 Å². The van der Waals surface area contributed by atoms with Crippen molar-refractivity contribution in [2.75, 3.05) is 12.3 Å². The van der Waals surface area contributed by atoms with Crippen molar-refractivity contribution >= 4 is 16.7 Å². The molecule has 2 aromatic heterocycles. The van der Waals surface area contributed by atoms with Crippen LogP contribution >= 0.6 is 0 Å². The second-order valence-electron chi connectivity index (χ2n) is 5.89. The predicted octanol–water partition coefficient (Wildman–Crippen LogP) is 1.87. The van der Waals surface area contributed by atoms with Gasteiger partial charge in [0.25, 0.3) is 0 Å². The van der Waals surface area contributed by atoms with Gasteiger partial charge in [-0.1, -0.05) is 12.1 Å². The first-order valence-corrected chi connectivity index (χ1v) is 7.74. The number of anilines is 1. The van der Waals surface area contributed by atoms with Crippen molar-refractivity contribution in [1.82, 2.24) is 24.8 Å². The second kappa shape index (κ2) is 5.55. The number of aromatic nitrogens is 4. The van der Waals surface area contributed by atoms with Gasteiger partial charge in [0.05, 0.1) is 17.8 Å². The zero-order valence-electron chi connectivity index (χ0n) is 13.0. The molecule has 0 spiro atoms. The molecule has 23 heavy (non-hydrogen) atoms. The van der Waals surface area contributed by atoms with Gasteiger partial charge in [0, 0.05) is 24.7 Å². The van der Waals surface area contributed by atoms with E-state index in [9.17, 15) is 0 Å². The van der Waals surface area contributed by atoms with Gasteiger partial charge in [-0.15, -0.1) is 0 Å². The molecule has 0 saturated heterocycles. The molecule has 1 aliphatic heterocycles. The van der Waals surface area contributed by atoms with E-state index in [1.807, 2.05) is 37.4 Å². The topological polar surface area (TPSA) is 80.8 Å². The zero-order chi connectivity index (χ0) is 15.8. The Morgan fingerprint density at radius 1 is 1.17 bits per heavy atom. The number of aryl methyl sites for hydroxylation is 1. The van der Waals surface area contributed by atoms with Crippen molar-refractivity contribution in [1.29, 1.82) is 0 Å². The normalized spacial score (nSPS) is 14.8. The molecule has 0 unspecified atom stereocenters. The molecule has 1 aromatic carbocycles. The van der Waals surface area contributed by atoms with Crippen LogP contribution in [0, 0.1) is 6.92 Å². The molecular weight excluding hydrogens is 288 g/mol. The molecule has 0 radical (unpaired) electrons. The summed E-state index contributed by atoms with van der Waals surface area (Å²) in [4.78, 5) is 20.2. The molecule has 6 heteroatoms. The van der Waals surface area contributed by atoms with Crippen LogP contribution in [-0.2, 0) is 19.5 Å². The lowest BCUT2D eigenvalue weighted by molar-refractivity contribution is 0.235. The van der Waals surface area contributed by atoms with E-state index in [0.29, 0.717) is 12.4 Å². The fourth-order valence-corrected chi connectivity index (χ4v) is 3.01. The Labute approximate surface area is 134 Å². The molecule has 0 bridgehead atoms. The van der Waals surface area contributed by atoms with Crippen LogP contribution in [0.3, 0.4) is 0 Å². The van der Waals surface area contributed by atoms with Crippen molar-refractivity contribution in [3.63, 3.8) is 0 Å². The molecule has 2 N–H and O–H groups in total. The van der Waals surface area contributed by atoms with Gasteiger partial charge in [0.2, 0.25) is 0 Å². The molecule has 0 atom stereocenters. The number of nitrogens with zero attached hydrogens (tertiary/aromatic N) is 5. The number of nitrogens with two attached hydrogens (primary N) is 1. The van der Waals surface area contributed by atoms with Crippen LogP contribution < -0.4 is 5.73 Å². The van der Waals surface area contributed by atoms with Crippen LogP contribution in [0.25, 0.3) is 10.9 Å². The largest absolute Gasteiger partial charge is 0.383 e. The predicted molar refractivity (Wildman–Crippen MR) is 88.5 cm³/mol. The lowest BCUT2D eigenvalue weighted by atomic mass is 10.1. The molecular formula is C17H18N6. The maximum Gasteiger partial charge on any atom is 0.145 e. The molecule has 0 saturated carbocycles. The van der Waals surface area contributed by atoms with Crippen LogP contribution in [0.5, 0.6) is 0 Å². The Kier molecular flexibility index (Phi) is 3.38. The summed E-state index contributed by atoms with van der Waals surface area (Å²) in [5.41, 5.74) is 9.31. The third kappa shape index (κ3) is 2.73. The van der Waals surface area contributed by atoms with Gasteiger partial charge < -0.3 is 5.73 Å². The minimum Gasteiger partial charge on any atom is -0.383 e. The zero-order valence-corrected chi connectivity index (χ0v) is 13.0. The van der Waals surface area contributed by atoms with Gasteiger partial charge in [-0.3, -0.25) is 4.90 Å². The van der Waals surface area contributed by atoms with Crippen molar-refractivity contribution in [3.05, 3.63) is 53.4 Å². The molecule has 0 amide bonds. The molecule has 116 valence electrons. The van der Waals surface area contributed by atoms with E-state index >= 15 is 0 Å². The summed E-state index contributed by atoms with van der Waals surface area (Å²) in [6.45, 7) is 4.36. The van der Waals surface area contributed by atoms with Crippen LogP contribution in [-0.4, -0.2) is 31.4 Å². The van der Waals surface area contributed by atoms with Crippen LogP contribution in [0.2, 0.25) is 0 Å². The van der Waals surface area contributed by atoms with E-state index in [0.717, 1.165) is 47.8 Å². The Bertz CT molecular complexity index is 876. The second-order valence-corrected chi connectivity index (χ2v) is 5.89. The third-order valence-corrected chi connectivity index (χ3v) is 4.19. The molecule has 4 rings (SSSR count). The summed E-state index contributed by atoms with van der Waals surface area (Å²) < 4.78 is 0. The van der Waals surface area contributed by atoms with E-state index < -0.39 is 0 Å². The summed E-state index contributed by atoms with van der Waals surface area (Å²) >= 11 is 0. The Balaban J connectivity index is 1.59. The first-order valence-electron chi connectivity index (χ1n) is 7.74. The number of nitrogen functional groups attached to an aromatic ring is 1. The summed E-state index contributed by atoms with van der Waals surface area (Å²) in [5, 5.41) is 0.906. The van der Waals surface area contributed by atoms with E-state index in [2.05, 4.69) is 24.8 Å². The summed E-state index contributed by atoms with van der Waals surface area (Å²) in [6, 6.07) is 7.84. The van der Waals surface area contributed by atoms with Gasteiger partial charge in [0.15, 0.2) is 0 Å². The summed E-state index contributed by atoms with van der Waals surface area (Å²) in [5.74, 6) is 2.12. The molecule has 6 nitrogen and oxygen atoms in total. The first-order chi connectivity index (χ1) is 11.2. The molecule has 3 heterocycles. The highest BCUT2D eigenvalue weighted by atomic mass is 15.2. The highest BCUT2D eigenvalue weighted by molar-refractivity contribution is 5.87. The maximum absolute atomic E-state index is 6.07. The minimum atomic E-state index is 0.543. The smallest absolute Gasteiger partial charge is 0.145 e. The highest BCUT2D eigenvalue weighted by Crippen LogP contribution is 2.20. The number of benzene rings is 1. The van der Waals surface area contributed by atoms with E-state index in [4.69, 9.17) is 5.73 Å². The monoisotopic (exact) mass is 306 g/mol. The van der Waals surface area contributed by atoms with Gasteiger partial charge in [-0.25, -0.2) is 19.9 Å². The number of hydrogen-bond acceptors (Lipinski definition) is 6. The van der Waals surface area contributed by atoms with E-state index in [1.165, 1.54) is 5.56 Å². The fraction of sp³-hybridized carbons (Fsp3) is 0.294. The Morgan fingerprint density at radius 2 is 2.04 bits per heavy atom. The Morgan fingerprint density at radius 3 is 2.96 bits per heavy atom. The van der Waals surface area contributed by atoms with Gasteiger partial charge >= 0.3 is 0 Å². The minimum absolute atomic E-state index is 0.543. The molecule has 0 fully saturated rings. The van der Waals surface area contributed by atoms with Gasteiger partial charge in [0.1, 0.15) is 17.5 Å². The molecule has 3 aromatic rings. The maximum atomic E-state index is 6.07. The standard InChI is InChI=1S/C17H18N6/c1-11-19-8-12-6-7-23(9-15(12)20-11)10-16-21-14-5-3-2-4-13(14)17(18)22-16/h2-5,8H,6-7,9-10H2,1H3,(H2,18,21,22). The average Bonchev–Trinajstić information content (AvgIpc) is 2.54. The Hall–Kier alpha value is -2.60. The number of para-hydroxylation sites is 1. The van der Waals surface area contributed by atoms with Crippen LogP contribution in [0.1, 0.15) is 22.9 Å². The third-order valence-electron chi connectivity index (χ3n) is 4.19. The van der Waals surface area contributed by atoms with Crippen molar-refractivity contribution in [3.8, 4) is 0 Å². The van der Waals surface area contributed by atoms with Crippen molar-refractivity contribution in [2.45, 2.75) is 26.4 Å². The lowest BCUT2D eigenvalue weighted by Gasteiger charge is -2.27. The lowest BCUT2D eigenvalue weighted by Crippen LogP contribution is -2.31.